The second-order valence-corrected chi connectivity index (χ2v) is 7.09. The van der Waals surface area contributed by atoms with Crippen LogP contribution in [0.3, 0.4) is 0 Å². The van der Waals surface area contributed by atoms with Crippen molar-refractivity contribution in [2.24, 2.45) is 0 Å². The molecule has 1 aromatic heterocycles. The van der Waals surface area contributed by atoms with Crippen molar-refractivity contribution in [3.05, 3.63) is 34.6 Å². The molecule has 0 unspecified atom stereocenters. The fraction of sp³-hybridized carbons (Fsp3) is 0.500. The van der Waals surface area contributed by atoms with E-state index in [1.807, 2.05) is 24.3 Å². The Bertz CT molecular complexity index is 948. The van der Waals surface area contributed by atoms with E-state index in [0.29, 0.717) is 49.6 Å². The van der Waals surface area contributed by atoms with Crippen molar-refractivity contribution in [2.75, 3.05) is 51.8 Å². The number of hydrogen-bond donors (Lipinski definition) is 0. The lowest BCUT2D eigenvalue weighted by Crippen LogP contribution is -2.50. The highest BCUT2D eigenvalue weighted by Gasteiger charge is 2.25. The molecule has 0 N–H and O–H groups in total. The molecular weight excluding hydrogens is 374 g/mol. The van der Waals surface area contributed by atoms with Crippen molar-refractivity contribution in [1.82, 2.24) is 19.4 Å². The SMILES string of the molecule is CCOC(=O)N1CCN(C(=O)CCn2c(=O)c(N(C)C)nc3ccccc32)CC1. The van der Waals surface area contributed by atoms with E-state index in [9.17, 15) is 14.4 Å². The standard InChI is InChI=1S/C20H27N5O4/c1-4-29-20(28)24-13-11-23(12-14-24)17(26)9-10-25-16-8-6-5-7-15(16)21-18(19(25)27)22(2)3/h5-8H,4,9-14H2,1-3H3. The van der Waals surface area contributed by atoms with E-state index in [0.717, 1.165) is 0 Å². The first kappa shape index (κ1) is 20.6. The summed E-state index contributed by atoms with van der Waals surface area (Å²) in [7, 11) is 3.55. The lowest BCUT2D eigenvalue weighted by molar-refractivity contribution is -0.133. The van der Waals surface area contributed by atoms with Crippen LogP contribution in [0.5, 0.6) is 0 Å². The minimum absolute atomic E-state index is 0.0345. The molecule has 0 aliphatic carbocycles. The highest BCUT2D eigenvalue weighted by Crippen LogP contribution is 2.14. The van der Waals surface area contributed by atoms with Crippen LogP contribution in [0.2, 0.25) is 0 Å². The molecular formula is C20H27N5O4. The van der Waals surface area contributed by atoms with Gasteiger partial charge in [-0.2, -0.15) is 0 Å². The summed E-state index contributed by atoms with van der Waals surface area (Å²) < 4.78 is 6.62. The molecule has 0 atom stereocenters. The summed E-state index contributed by atoms with van der Waals surface area (Å²) in [4.78, 5) is 46.8. The number of amides is 2. The van der Waals surface area contributed by atoms with Crippen LogP contribution in [0.25, 0.3) is 11.0 Å². The number of anilines is 1. The van der Waals surface area contributed by atoms with Crippen molar-refractivity contribution >= 4 is 28.9 Å². The number of para-hydroxylation sites is 2. The summed E-state index contributed by atoms with van der Waals surface area (Å²) in [6.07, 6.45) is -0.133. The number of aromatic nitrogens is 2. The molecule has 1 aliphatic rings. The van der Waals surface area contributed by atoms with Gasteiger partial charge in [0, 0.05) is 53.2 Å². The van der Waals surface area contributed by atoms with Crippen LogP contribution in [0.4, 0.5) is 10.6 Å². The van der Waals surface area contributed by atoms with E-state index >= 15 is 0 Å². The molecule has 29 heavy (non-hydrogen) atoms. The lowest BCUT2D eigenvalue weighted by atomic mass is 10.2. The number of fused-ring (bicyclic) bond motifs is 1. The molecule has 156 valence electrons. The van der Waals surface area contributed by atoms with E-state index in [1.54, 1.807) is 40.3 Å². The lowest BCUT2D eigenvalue weighted by Gasteiger charge is -2.34. The van der Waals surface area contributed by atoms with Crippen LogP contribution in [0, 0.1) is 0 Å². The Labute approximate surface area is 169 Å². The predicted octanol–water partition coefficient (Wildman–Crippen LogP) is 1.15. The Morgan fingerprint density at radius 1 is 1.10 bits per heavy atom. The number of carbonyl (C=O) groups is 2. The summed E-state index contributed by atoms with van der Waals surface area (Å²) in [5.41, 5.74) is 1.21. The number of carbonyl (C=O) groups excluding carboxylic acids is 2. The Balaban J connectivity index is 1.70. The molecule has 1 saturated heterocycles. The first-order chi connectivity index (χ1) is 13.9. The molecule has 9 heteroatoms. The predicted molar refractivity (Wildman–Crippen MR) is 110 cm³/mol. The van der Waals surface area contributed by atoms with E-state index < -0.39 is 0 Å². The first-order valence-electron chi connectivity index (χ1n) is 9.78. The Morgan fingerprint density at radius 3 is 2.41 bits per heavy atom. The van der Waals surface area contributed by atoms with Crippen molar-refractivity contribution in [2.45, 2.75) is 19.9 Å². The van der Waals surface area contributed by atoms with E-state index in [1.165, 1.54) is 0 Å². The molecule has 0 saturated carbocycles. The van der Waals surface area contributed by atoms with Gasteiger partial charge in [0.25, 0.3) is 5.56 Å². The zero-order valence-corrected chi connectivity index (χ0v) is 17.1. The van der Waals surface area contributed by atoms with Crippen LogP contribution in [-0.4, -0.2) is 78.2 Å². The van der Waals surface area contributed by atoms with E-state index in [4.69, 9.17) is 4.74 Å². The second-order valence-electron chi connectivity index (χ2n) is 7.09. The molecule has 1 fully saturated rings. The highest BCUT2D eigenvalue weighted by molar-refractivity contribution is 5.78. The van der Waals surface area contributed by atoms with Gasteiger partial charge in [0.05, 0.1) is 17.6 Å². The summed E-state index contributed by atoms with van der Waals surface area (Å²) in [6, 6.07) is 7.42. The fourth-order valence-corrected chi connectivity index (χ4v) is 3.41. The van der Waals surface area contributed by atoms with Crippen molar-refractivity contribution in [3.8, 4) is 0 Å². The zero-order valence-electron chi connectivity index (χ0n) is 17.1. The van der Waals surface area contributed by atoms with Gasteiger partial charge in [0.2, 0.25) is 5.91 Å². The smallest absolute Gasteiger partial charge is 0.409 e. The summed E-state index contributed by atoms with van der Waals surface area (Å²) >= 11 is 0. The molecule has 3 rings (SSSR count). The second kappa shape index (κ2) is 8.93. The first-order valence-corrected chi connectivity index (χ1v) is 9.78. The summed E-state index contributed by atoms with van der Waals surface area (Å²) in [6.45, 7) is 4.21. The van der Waals surface area contributed by atoms with Crippen LogP contribution >= 0.6 is 0 Å². The van der Waals surface area contributed by atoms with Crippen molar-refractivity contribution < 1.29 is 14.3 Å². The molecule has 2 amide bonds. The maximum Gasteiger partial charge on any atom is 0.409 e. The number of ether oxygens (including phenoxy) is 1. The highest BCUT2D eigenvalue weighted by atomic mass is 16.6. The fourth-order valence-electron chi connectivity index (χ4n) is 3.41. The molecule has 1 aliphatic heterocycles. The van der Waals surface area contributed by atoms with Gasteiger partial charge in [0.15, 0.2) is 5.82 Å². The van der Waals surface area contributed by atoms with Crippen LogP contribution < -0.4 is 10.5 Å². The number of nitrogens with zero attached hydrogens (tertiary/aromatic N) is 5. The largest absolute Gasteiger partial charge is 0.450 e. The molecule has 2 heterocycles. The minimum Gasteiger partial charge on any atom is -0.450 e. The summed E-state index contributed by atoms with van der Waals surface area (Å²) in [5.74, 6) is 0.312. The molecule has 9 nitrogen and oxygen atoms in total. The van der Waals surface area contributed by atoms with Gasteiger partial charge in [-0.15, -0.1) is 0 Å². The number of piperazine rings is 1. The normalized spacial score (nSPS) is 14.2. The summed E-state index contributed by atoms with van der Waals surface area (Å²) in [5, 5.41) is 0. The zero-order chi connectivity index (χ0) is 21.0. The average molecular weight is 401 g/mol. The van der Waals surface area contributed by atoms with Crippen LogP contribution in [0.1, 0.15) is 13.3 Å². The Morgan fingerprint density at radius 2 is 1.76 bits per heavy atom. The maximum atomic E-state index is 12.9. The molecule has 0 radical (unpaired) electrons. The topological polar surface area (TPSA) is 88.0 Å². The van der Waals surface area contributed by atoms with Gasteiger partial charge in [-0.25, -0.2) is 9.78 Å². The number of hydrogen-bond acceptors (Lipinski definition) is 6. The molecule has 0 spiro atoms. The van der Waals surface area contributed by atoms with Gasteiger partial charge in [-0.1, -0.05) is 12.1 Å². The number of aryl methyl sites for hydroxylation is 1. The van der Waals surface area contributed by atoms with Crippen LogP contribution in [0.15, 0.2) is 29.1 Å². The third-order valence-corrected chi connectivity index (χ3v) is 4.97. The Kier molecular flexibility index (Phi) is 6.36. The minimum atomic E-state index is -0.342. The third-order valence-electron chi connectivity index (χ3n) is 4.97. The van der Waals surface area contributed by atoms with Gasteiger partial charge >= 0.3 is 6.09 Å². The monoisotopic (exact) mass is 401 g/mol. The quantitative estimate of drug-likeness (QED) is 0.747. The van der Waals surface area contributed by atoms with Gasteiger partial charge < -0.3 is 24.0 Å². The van der Waals surface area contributed by atoms with Gasteiger partial charge in [0.1, 0.15) is 0 Å². The number of rotatable bonds is 5. The van der Waals surface area contributed by atoms with Crippen molar-refractivity contribution in [3.63, 3.8) is 0 Å². The van der Waals surface area contributed by atoms with E-state index in [-0.39, 0.29) is 30.5 Å². The Hall–Kier alpha value is -3.10. The average Bonchev–Trinajstić information content (AvgIpc) is 2.72. The molecule has 1 aromatic carbocycles. The van der Waals surface area contributed by atoms with Crippen molar-refractivity contribution in [1.29, 1.82) is 0 Å². The third kappa shape index (κ3) is 4.49. The van der Waals surface area contributed by atoms with Gasteiger partial charge in [-0.05, 0) is 19.1 Å². The number of benzene rings is 1. The molecule has 0 bridgehead atoms. The van der Waals surface area contributed by atoms with Gasteiger partial charge in [-0.3, -0.25) is 9.59 Å². The van der Waals surface area contributed by atoms with E-state index in [2.05, 4.69) is 4.98 Å². The maximum absolute atomic E-state index is 12.9. The molecule has 2 aromatic rings. The van der Waals surface area contributed by atoms with Crippen LogP contribution in [-0.2, 0) is 16.1 Å².